The lowest BCUT2D eigenvalue weighted by Gasteiger charge is -2.19. The predicted octanol–water partition coefficient (Wildman–Crippen LogP) is 10.2. The molecule has 0 aliphatic rings. The lowest BCUT2D eigenvalue weighted by Crippen LogP contribution is -2.14. The van der Waals surface area contributed by atoms with Gasteiger partial charge in [0.05, 0.1) is 24.3 Å². The standard InChI is InChI=1S/C36H50O4/c1-5-9-11-13-15-17-25-39-35(37)33-29-23-19-22-28(8-4)32(29)34(30-24-20-21-27(7-3)31(30)33)36(38)40-26-18-16-14-12-10-6-2/h19-24H,5-18,25-26H2,1-4H3. The molecular weight excluding hydrogens is 496 g/mol. The Morgan fingerprint density at radius 1 is 0.525 bits per heavy atom. The molecule has 0 saturated heterocycles. The fraction of sp³-hybridized carbons (Fsp3) is 0.556. The molecule has 0 fully saturated rings. The average Bonchev–Trinajstić information content (AvgIpc) is 2.97. The molecule has 0 aromatic heterocycles. The lowest BCUT2D eigenvalue weighted by molar-refractivity contribution is 0.0489. The van der Waals surface area contributed by atoms with Crippen molar-refractivity contribution in [3.63, 3.8) is 0 Å². The summed E-state index contributed by atoms with van der Waals surface area (Å²) in [4.78, 5) is 27.5. The number of carbonyl (C=O) groups excluding carboxylic acids is 2. The first-order valence-electron chi connectivity index (χ1n) is 15.9. The summed E-state index contributed by atoms with van der Waals surface area (Å²) in [5.74, 6) is -0.602. The number of benzene rings is 3. The van der Waals surface area contributed by atoms with Crippen LogP contribution in [0.2, 0.25) is 0 Å². The number of hydrogen-bond acceptors (Lipinski definition) is 4. The van der Waals surface area contributed by atoms with Crippen LogP contribution in [0, 0.1) is 0 Å². The van der Waals surface area contributed by atoms with E-state index < -0.39 is 0 Å². The molecule has 0 aliphatic carbocycles. The summed E-state index contributed by atoms with van der Waals surface area (Å²) in [6, 6.07) is 12.0. The van der Waals surface area contributed by atoms with Crippen LogP contribution in [0.15, 0.2) is 36.4 Å². The van der Waals surface area contributed by atoms with Crippen LogP contribution in [0.25, 0.3) is 21.5 Å². The molecule has 0 N–H and O–H groups in total. The number of fused-ring (bicyclic) bond motifs is 2. The third kappa shape index (κ3) is 8.08. The third-order valence-corrected chi connectivity index (χ3v) is 7.97. The first-order valence-corrected chi connectivity index (χ1v) is 15.9. The van der Waals surface area contributed by atoms with E-state index in [2.05, 4.69) is 27.7 Å². The summed E-state index contributed by atoms with van der Waals surface area (Å²) >= 11 is 0. The van der Waals surface area contributed by atoms with Crippen LogP contribution in [0.3, 0.4) is 0 Å². The zero-order valence-corrected chi connectivity index (χ0v) is 25.4. The summed E-state index contributed by atoms with van der Waals surface area (Å²) < 4.78 is 11.8. The Morgan fingerprint density at radius 2 is 0.900 bits per heavy atom. The van der Waals surface area contributed by atoms with Crippen LogP contribution in [0.5, 0.6) is 0 Å². The largest absolute Gasteiger partial charge is 0.462 e. The highest BCUT2D eigenvalue weighted by Gasteiger charge is 2.26. The molecule has 0 bridgehead atoms. The molecule has 3 rings (SSSR count). The number of unbranched alkanes of at least 4 members (excludes halogenated alkanes) is 10. The average molecular weight is 547 g/mol. The van der Waals surface area contributed by atoms with E-state index in [1.807, 2.05) is 36.4 Å². The monoisotopic (exact) mass is 546 g/mol. The molecule has 0 unspecified atom stereocenters. The van der Waals surface area contributed by atoms with E-state index in [1.54, 1.807) is 0 Å². The van der Waals surface area contributed by atoms with E-state index in [9.17, 15) is 9.59 Å². The molecule has 0 spiro atoms. The number of aryl methyl sites for hydroxylation is 2. The Hall–Kier alpha value is -2.88. The maximum absolute atomic E-state index is 13.7. The van der Waals surface area contributed by atoms with Crippen LogP contribution in [0.1, 0.15) is 137 Å². The van der Waals surface area contributed by atoms with Gasteiger partial charge in [0.25, 0.3) is 0 Å². The zero-order chi connectivity index (χ0) is 28.7. The quantitative estimate of drug-likeness (QED) is 0.0904. The maximum atomic E-state index is 13.7. The normalized spacial score (nSPS) is 11.3. The number of ether oxygens (including phenoxy) is 2. The van der Waals surface area contributed by atoms with Crippen molar-refractivity contribution in [2.45, 2.75) is 118 Å². The molecule has 3 aromatic carbocycles. The smallest absolute Gasteiger partial charge is 0.339 e. The molecule has 0 radical (unpaired) electrons. The van der Waals surface area contributed by atoms with Gasteiger partial charge >= 0.3 is 11.9 Å². The molecule has 0 atom stereocenters. The summed E-state index contributed by atoms with van der Waals surface area (Å²) in [6.45, 7) is 9.43. The topological polar surface area (TPSA) is 52.6 Å². The minimum atomic E-state index is -0.301. The van der Waals surface area contributed by atoms with Gasteiger partial charge in [0.2, 0.25) is 0 Å². The van der Waals surface area contributed by atoms with Gasteiger partial charge in [-0.25, -0.2) is 9.59 Å². The highest BCUT2D eigenvalue weighted by atomic mass is 16.5. The fourth-order valence-electron chi connectivity index (χ4n) is 5.73. The van der Waals surface area contributed by atoms with E-state index in [0.29, 0.717) is 24.3 Å². The van der Waals surface area contributed by atoms with Crippen LogP contribution < -0.4 is 0 Å². The number of carbonyl (C=O) groups is 2. The van der Waals surface area contributed by atoms with Crippen molar-refractivity contribution in [3.05, 3.63) is 58.7 Å². The SMILES string of the molecule is CCCCCCCCOC(=O)c1c2cccc(CC)c2c(C(=O)OCCCCCCCC)c2cccc(CC)c12. The molecule has 40 heavy (non-hydrogen) atoms. The van der Waals surface area contributed by atoms with Crippen LogP contribution >= 0.6 is 0 Å². The lowest BCUT2D eigenvalue weighted by atomic mass is 9.86. The van der Waals surface area contributed by atoms with Gasteiger partial charge < -0.3 is 9.47 Å². The zero-order valence-electron chi connectivity index (χ0n) is 25.4. The maximum Gasteiger partial charge on any atom is 0.339 e. The summed E-state index contributed by atoms with van der Waals surface area (Å²) in [5.41, 5.74) is 3.24. The van der Waals surface area contributed by atoms with E-state index in [1.165, 1.54) is 51.4 Å². The van der Waals surface area contributed by atoms with Gasteiger partial charge in [-0.1, -0.05) is 128 Å². The van der Waals surface area contributed by atoms with Crippen molar-refractivity contribution >= 4 is 33.5 Å². The van der Waals surface area contributed by atoms with Crippen molar-refractivity contribution in [2.75, 3.05) is 13.2 Å². The molecule has 218 valence electrons. The predicted molar refractivity (Wildman–Crippen MR) is 168 cm³/mol. The van der Waals surface area contributed by atoms with E-state index in [4.69, 9.17) is 9.47 Å². The Morgan fingerprint density at radius 3 is 1.27 bits per heavy atom. The van der Waals surface area contributed by atoms with Gasteiger partial charge in [0.15, 0.2) is 0 Å². The Balaban J connectivity index is 1.98. The van der Waals surface area contributed by atoms with Crippen LogP contribution in [0.4, 0.5) is 0 Å². The van der Waals surface area contributed by atoms with Gasteiger partial charge in [0, 0.05) is 10.8 Å². The van der Waals surface area contributed by atoms with Crippen molar-refractivity contribution < 1.29 is 19.1 Å². The van der Waals surface area contributed by atoms with Gasteiger partial charge in [-0.05, 0) is 47.6 Å². The summed E-state index contributed by atoms with van der Waals surface area (Å²) in [7, 11) is 0. The van der Waals surface area contributed by atoms with Crippen molar-refractivity contribution in [3.8, 4) is 0 Å². The van der Waals surface area contributed by atoms with Gasteiger partial charge in [-0.2, -0.15) is 0 Å². The second-order valence-electron chi connectivity index (χ2n) is 10.9. The second kappa shape index (κ2) is 17.0. The van der Waals surface area contributed by atoms with Gasteiger partial charge in [0.1, 0.15) is 0 Å². The third-order valence-electron chi connectivity index (χ3n) is 7.97. The first-order chi connectivity index (χ1) is 19.6. The van der Waals surface area contributed by atoms with E-state index in [-0.39, 0.29) is 11.9 Å². The van der Waals surface area contributed by atoms with Gasteiger partial charge in [-0.3, -0.25) is 0 Å². The summed E-state index contributed by atoms with van der Waals surface area (Å²) in [6.07, 6.45) is 15.1. The minimum Gasteiger partial charge on any atom is -0.462 e. The minimum absolute atomic E-state index is 0.301. The molecule has 0 aliphatic heterocycles. The molecular formula is C36H50O4. The highest BCUT2D eigenvalue weighted by Crippen LogP contribution is 2.38. The molecule has 4 nitrogen and oxygen atoms in total. The second-order valence-corrected chi connectivity index (χ2v) is 10.9. The number of esters is 2. The van der Waals surface area contributed by atoms with Crippen LogP contribution in [-0.2, 0) is 22.3 Å². The Kier molecular flexibility index (Phi) is 13.5. The number of rotatable bonds is 18. The molecule has 0 amide bonds. The highest BCUT2D eigenvalue weighted by molar-refractivity contribution is 6.25. The summed E-state index contributed by atoms with van der Waals surface area (Å²) in [5, 5.41) is 3.22. The van der Waals surface area contributed by atoms with Crippen LogP contribution in [-0.4, -0.2) is 25.2 Å². The molecule has 3 aromatic rings. The van der Waals surface area contributed by atoms with Gasteiger partial charge in [-0.15, -0.1) is 0 Å². The Labute approximate surface area is 241 Å². The molecule has 4 heteroatoms. The fourth-order valence-corrected chi connectivity index (χ4v) is 5.73. The molecule has 0 saturated carbocycles. The van der Waals surface area contributed by atoms with E-state index >= 15 is 0 Å². The Bertz CT molecular complexity index is 1150. The van der Waals surface area contributed by atoms with Crippen molar-refractivity contribution in [1.82, 2.24) is 0 Å². The van der Waals surface area contributed by atoms with Crippen molar-refractivity contribution in [1.29, 1.82) is 0 Å². The first kappa shape index (κ1) is 31.6. The van der Waals surface area contributed by atoms with Crippen molar-refractivity contribution in [2.24, 2.45) is 0 Å². The van der Waals surface area contributed by atoms with E-state index in [0.717, 1.165) is 71.2 Å². The number of hydrogen-bond donors (Lipinski definition) is 0. The molecule has 0 heterocycles.